The van der Waals surface area contributed by atoms with Crippen LogP contribution in [0.2, 0.25) is 0 Å². The summed E-state index contributed by atoms with van der Waals surface area (Å²) in [6, 6.07) is 12.7. The Morgan fingerprint density at radius 2 is 1.82 bits per heavy atom. The van der Waals surface area contributed by atoms with Crippen molar-refractivity contribution in [2.24, 2.45) is 0 Å². The highest BCUT2D eigenvalue weighted by molar-refractivity contribution is 9.10. The third-order valence-corrected chi connectivity index (χ3v) is 5.72. The first-order chi connectivity index (χ1) is 10.3. The van der Waals surface area contributed by atoms with E-state index in [2.05, 4.69) is 15.9 Å². The van der Waals surface area contributed by atoms with Crippen molar-refractivity contribution in [1.29, 1.82) is 0 Å². The molecular formula is C15H14BrNO4S. The highest BCUT2D eigenvalue weighted by Gasteiger charge is 2.27. The Hall–Kier alpha value is -1.86. The quantitative estimate of drug-likeness (QED) is 0.860. The van der Waals surface area contributed by atoms with Gasteiger partial charge in [0.1, 0.15) is 6.54 Å². The van der Waals surface area contributed by atoms with E-state index in [9.17, 15) is 13.2 Å². The summed E-state index contributed by atoms with van der Waals surface area (Å²) < 4.78 is 27.1. The molecule has 0 radical (unpaired) electrons. The average Bonchev–Trinajstić information content (AvgIpc) is 2.48. The average molecular weight is 384 g/mol. The van der Waals surface area contributed by atoms with Gasteiger partial charge in [-0.05, 0) is 42.8 Å². The van der Waals surface area contributed by atoms with Crippen molar-refractivity contribution in [3.8, 4) is 0 Å². The van der Waals surface area contributed by atoms with Crippen LogP contribution in [0.5, 0.6) is 0 Å². The van der Waals surface area contributed by atoms with Crippen molar-refractivity contribution >= 4 is 37.6 Å². The van der Waals surface area contributed by atoms with Gasteiger partial charge < -0.3 is 5.11 Å². The number of nitrogens with zero attached hydrogens (tertiary/aromatic N) is 1. The molecule has 2 rings (SSSR count). The fourth-order valence-corrected chi connectivity index (χ4v) is 3.62. The van der Waals surface area contributed by atoms with E-state index in [-0.39, 0.29) is 4.90 Å². The molecule has 0 saturated heterocycles. The molecular weight excluding hydrogens is 370 g/mol. The molecule has 0 heterocycles. The number of rotatable bonds is 5. The first-order valence-electron chi connectivity index (χ1n) is 6.38. The summed E-state index contributed by atoms with van der Waals surface area (Å²) in [5, 5.41) is 9.06. The molecule has 0 amide bonds. The number of benzene rings is 2. The van der Waals surface area contributed by atoms with Crippen LogP contribution in [0.4, 0.5) is 5.69 Å². The van der Waals surface area contributed by atoms with Gasteiger partial charge in [0, 0.05) is 4.47 Å². The third kappa shape index (κ3) is 3.48. The van der Waals surface area contributed by atoms with E-state index in [0.717, 1.165) is 14.3 Å². The summed E-state index contributed by atoms with van der Waals surface area (Å²) in [5.74, 6) is -1.22. The van der Waals surface area contributed by atoms with E-state index in [4.69, 9.17) is 5.11 Å². The van der Waals surface area contributed by atoms with Crippen molar-refractivity contribution in [2.75, 3.05) is 10.8 Å². The molecule has 0 spiro atoms. The molecule has 0 bridgehead atoms. The van der Waals surface area contributed by atoms with Crippen LogP contribution in [0, 0.1) is 6.92 Å². The number of sulfonamides is 1. The molecule has 2 aromatic rings. The van der Waals surface area contributed by atoms with Crippen LogP contribution < -0.4 is 4.31 Å². The molecule has 116 valence electrons. The second kappa shape index (κ2) is 6.50. The zero-order valence-electron chi connectivity index (χ0n) is 11.7. The fourth-order valence-electron chi connectivity index (χ4n) is 1.94. The Labute approximate surface area is 137 Å². The van der Waals surface area contributed by atoms with Crippen molar-refractivity contribution in [2.45, 2.75) is 11.8 Å². The standard InChI is InChI=1S/C15H14BrNO4S/c1-11-9-12(7-8-14(11)16)17(10-15(18)19)22(20,21)13-5-3-2-4-6-13/h2-9H,10H2,1H3,(H,18,19). The van der Waals surface area contributed by atoms with E-state index in [0.29, 0.717) is 5.69 Å². The lowest BCUT2D eigenvalue weighted by atomic mass is 10.2. The smallest absolute Gasteiger partial charge is 0.324 e. The maximum absolute atomic E-state index is 12.7. The van der Waals surface area contributed by atoms with Crippen molar-refractivity contribution in [3.63, 3.8) is 0 Å². The van der Waals surface area contributed by atoms with Gasteiger partial charge in [0.25, 0.3) is 10.0 Å². The molecule has 0 unspecified atom stereocenters. The number of carboxylic acids is 1. The van der Waals surface area contributed by atoms with Crippen molar-refractivity contribution in [3.05, 3.63) is 58.6 Å². The van der Waals surface area contributed by atoms with Crippen LogP contribution in [-0.2, 0) is 14.8 Å². The number of carboxylic acid groups (broad SMARTS) is 1. The first-order valence-corrected chi connectivity index (χ1v) is 8.61. The van der Waals surface area contributed by atoms with Gasteiger partial charge in [-0.25, -0.2) is 8.42 Å². The minimum atomic E-state index is -3.94. The van der Waals surface area contributed by atoms with Crippen LogP contribution in [0.3, 0.4) is 0 Å². The Kier molecular flexibility index (Phi) is 4.87. The number of aliphatic carboxylic acids is 1. The lowest BCUT2D eigenvalue weighted by molar-refractivity contribution is -0.135. The molecule has 0 aromatic heterocycles. The Morgan fingerprint density at radius 1 is 1.18 bits per heavy atom. The highest BCUT2D eigenvalue weighted by Crippen LogP contribution is 2.27. The number of halogens is 1. The molecule has 22 heavy (non-hydrogen) atoms. The maximum atomic E-state index is 12.7. The number of carbonyl (C=O) groups is 1. The van der Waals surface area contributed by atoms with Crippen LogP contribution >= 0.6 is 15.9 Å². The lowest BCUT2D eigenvalue weighted by Gasteiger charge is -2.23. The number of hydrogen-bond donors (Lipinski definition) is 1. The summed E-state index contributed by atoms with van der Waals surface area (Å²) in [7, 11) is -3.94. The summed E-state index contributed by atoms with van der Waals surface area (Å²) in [5.41, 5.74) is 1.13. The Morgan fingerprint density at radius 3 is 2.36 bits per heavy atom. The second-order valence-corrected chi connectivity index (χ2v) is 7.37. The van der Waals surface area contributed by atoms with E-state index in [1.54, 1.807) is 36.4 Å². The molecule has 0 fully saturated rings. The predicted octanol–water partition coefficient (Wildman–Crippen LogP) is 3.04. The third-order valence-electron chi connectivity index (χ3n) is 3.04. The van der Waals surface area contributed by atoms with Crippen LogP contribution in [0.25, 0.3) is 0 Å². The summed E-state index contributed by atoms with van der Waals surface area (Å²) in [4.78, 5) is 11.2. The van der Waals surface area contributed by atoms with Crippen LogP contribution in [0.1, 0.15) is 5.56 Å². The topological polar surface area (TPSA) is 74.7 Å². The van der Waals surface area contributed by atoms with E-state index in [1.807, 2.05) is 6.92 Å². The maximum Gasteiger partial charge on any atom is 0.324 e. The zero-order chi connectivity index (χ0) is 16.3. The molecule has 0 saturated carbocycles. The van der Waals surface area contributed by atoms with Crippen LogP contribution in [0.15, 0.2) is 57.9 Å². The molecule has 0 aliphatic carbocycles. The SMILES string of the molecule is Cc1cc(N(CC(=O)O)S(=O)(=O)c2ccccc2)ccc1Br. The minimum Gasteiger partial charge on any atom is -0.480 e. The fraction of sp³-hybridized carbons (Fsp3) is 0.133. The molecule has 2 aromatic carbocycles. The van der Waals surface area contributed by atoms with E-state index in [1.165, 1.54) is 12.1 Å². The second-order valence-electron chi connectivity index (χ2n) is 4.65. The Bertz CT molecular complexity index is 790. The summed E-state index contributed by atoms with van der Waals surface area (Å²) in [6.45, 7) is 1.17. The summed E-state index contributed by atoms with van der Waals surface area (Å²) >= 11 is 3.34. The molecule has 0 aliphatic heterocycles. The van der Waals surface area contributed by atoms with Crippen molar-refractivity contribution < 1.29 is 18.3 Å². The lowest BCUT2D eigenvalue weighted by Crippen LogP contribution is -2.35. The largest absolute Gasteiger partial charge is 0.480 e. The monoisotopic (exact) mass is 383 g/mol. The highest BCUT2D eigenvalue weighted by atomic mass is 79.9. The molecule has 0 atom stereocenters. The molecule has 7 heteroatoms. The number of anilines is 1. The van der Waals surface area contributed by atoms with Gasteiger partial charge in [0.05, 0.1) is 10.6 Å². The van der Waals surface area contributed by atoms with Gasteiger partial charge in [-0.1, -0.05) is 34.1 Å². The molecule has 0 aliphatic rings. The van der Waals surface area contributed by atoms with Gasteiger partial charge in [0.2, 0.25) is 0 Å². The summed E-state index contributed by atoms with van der Waals surface area (Å²) in [6.07, 6.45) is 0. The van der Waals surface area contributed by atoms with Gasteiger partial charge in [-0.2, -0.15) is 0 Å². The van der Waals surface area contributed by atoms with Crippen LogP contribution in [-0.4, -0.2) is 26.0 Å². The van der Waals surface area contributed by atoms with E-state index < -0.39 is 22.5 Å². The minimum absolute atomic E-state index is 0.0526. The first kappa shape index (κ1) is 16.5. The molecule has 5 nitrogen and oxygen atoms in total. The number of hydrogen-bond acceptors (Lipinski definition) is 3. The van der Waals surface area contributed by atoms with Crippen molar-refractivity contribution in [1.82, 2.24) is 0 Å². The Balaban J connectivity index is 2.55. The van der Waals surface area contributed by atoms with Gasteiger partial charge in [-0.3, -0.25) is 9.10 Å². The normalized spacial score (nSPS) is 11.2. The predicted molar refractivity (Wildman–Crippen MR) is 87.5 cm³/mol. The van der Waals surface area contributed by atoms with Gasteiger partial charge in [0.15, 0.2) is 0 Å². The number of aryl methyl sites for hydroxylation is 1. The zero-order valence-corrected chi connectivity index (χ0v) is 14.1. The van der Waals surface area contributed by atoms with E-state index >= 15 is 0 Å². The van der Waals surface area contributed by atoms with Gasteiger partial charge >= 0.3 is 5.97 Å². The molecule has 1 N–H and O–H groups in total. The van der Waals surface area contributed by atoms with Gasteiger partial charge in [-0.15, -0.1) is 0 Å².